The minimum absolute atomic E-state index is 0. The summed E-state index contributed by atoms with van der Waals surface area (Å²) in [5.41, 5.74) is 19.6. The van der Waals surface area contributed by atoms with E-state index in [9.17, 15) is 9.46 Å². The molecular formula is C18H30Cl3N4O2P. The standard InChI is InChI=1S/C18H27N4O2P.3ClH/c19-11-15(21)9-13-1-5-17(6-2-13)25(23,24)18-7-3-14(4-8-18)10-16(22)12-20;;;/h1-8,15-16H,9-12,19-22H2,(H,23,24);3*1H/t15-,16-;;;/m0.../s1. The molecule has 160 valence electrons. The molecule has 2 aromatic carbocycles. The highest BCUT2D eigenvalue weighted by Gasteiger charge is 2.24. The van der Waals surface area contributed by atoms with Crippen LogP contribution >= 0.6 is 7.37 Å². The van der Waals surface area contributed by atoms with Crippen LogP contribution < -0.4 is 70.8 Å². The van der Waals surface area contributed by atoms with Crippen LogP contribution in [-0.4, -0.2) is 30.1 Å². The molecule has 0 fully saturated rings. The number of nitrogens with two attached hydrogens (primary N) is 1. The summed E-state index contributed by atoms with van der Waals surface area (Å²) < 4.78 is 12.9. The second-order valence-corrected chi connectivity index (χ2v) is 8.76. The molecule has 1 unspecified atom stereocenters. The molecule has 0 bridgehead atoms. The van der Waals surface area contributed by atoms with Crippen molar-refractivity contribution in [2.45, 2.75) is 24.9 Å². The van der Waals surface area contributed by atoms with Crippen LogP contribution in [0, 0.1) is 0 Å². The smallest absolute Gasteiger partial charge is 0.258 e. The molecule has 10 heteroatoms. The first-order valence-corrected chi connectivity index (χ1v) is 10.2. The third-order valence-electron chi connectivity index (χ3n) is 4.36. The summed E-state index contributed by atoms with van der Waals surface area (Å²) >= 11 is 0. The lowest BCUT2D eigenvalue weighted by Gasteiger charge is -2.14. The second kappa shape index (κ2) is 13.5. The van der Waals surface area contributed by atoms with Crippen LogP contribution in [0.4, 0.5) is 0 Å². The van der Waals surface area contributed by atoms with Crippen LogP contribution in [0.15, 0.2) is 48.5 Å². The van der Waals surface area contributed by atoms with Crippen molar-refractivity contribution in [1.82, 2.24) is 0 Å². The van der Waals surface area contributed by atoms with Gasteiger partial charge in [0.2, 0.25) is 0 Å². The van der Waals surface area contributed by atoms with E-state index in [-0.39, 0.29) is 49.3 Å². The van der Waals surface area contributed by atoms with Gasteiger partial charge in [0.05, 0.1) is 0 Å². The van der Waals surface area contributed by atoms with Crippen molar-refractivity contribution in [2.24, 2.45) is 5.73 Å². The third-order valence-corrected chi connectivity index (χ3v) is 6.36. The Morgan fingerprint density at radius 3 is 1.50 bits per heavy atom. The fraction of sp³-hybridized carbons (Fsp3) is 0.333. The van der Waals surface area contributed by atoms with Crippen LogP contribution in [0.3, 0.4) is 0 Å². The third kappa shape index (κ3) is 7.99. The molecule has 0 aliphatic heterocycles. The molecule has 0 spiro atoms. The molecule has 0 aliphatic rings. The van der Waals surface area contributed by atoms with Crippen molar-refractivity contribution in [3.8, 4) is 0 Å². The lowest BCUT2D eigenvalue weighted by atomic mass is 10.1. The van der Waals surface area contributed by atoms with E-state index in [1.165, 1.54) is 0 Å². The van der Waals surface area contributed by atoms with Crippen LogP contribution in [-0.2, 0) is 17.4 Å². The Bertz CT molecular complexity index is 673. The van der Waals surface area contributed by atoms with Crippen molar-refractivity contribution in [3.05, 3.63) is 59.7 Å². The number of quaternary nitrogens is 3. The molecule has 3 atom stereocenters. The van der Waals surface area contributed by atoms with Crippen LogP contribution in [0.1, 0.15) is 11.1 Å². The average Bonchev–Trinajstić information content (AvgIpc) is 2.62. The minimum Gasteiger partial charge on any atom is -1.00 e. The maximum Gasteiger partial charge on any atom is 0.258 e. The topological polar surface area (TPSA) is 146 Å². The summed E-state index contributed by atoms with van der Waals surface area (Å²) in [5, 5.41) is 0.876. The fourth-order valence-electron chi connectivity index (χ4n) is 2.67. The van der Waals surface area contributed by atoms with Crippen molar-refractivity contribution in [2.75, 3.05) is 13.1 Å². The molecule has 0 aliphatic carbocycles. The van der Waals surface area contributed by atoms with Gasteiger partial charge in [-0.05, 0) is 35.4 Å². The second-order valence-electron chi connectivity index (χ2n) is 6.57. The molecule has 0 aromatic heterocycles. The monoisotopic (exact) mass is 470 g/mol. The van der Waals surface area contributed by atoms with Gasteiger partial charge in [0.1, 0.15) is 18.6 Å². The van der Waals surface area contributed by atoms with Gasteiger partial charge in [0.15, 0.2) is 0 Å². The van der Waals surface area contributed by atoms with E-state index >= 15 is 0 Å². The summed E-state index contributed by atoms with van der Waals surface area (Å²) in [6.45, 7) is 1.29. The zero-order valence-corrected chi connectivity index (χ0v) is 18.9. The van der Waals surface area contributed by atoms with Crippen molar-refractivity contribution < 1.29 is 63.9 Å². The van der Waals surface area contributed by atoms with Gasteiger partial charge in [0.25, 0.3) is 7.37 Å². The van der Waals surface area contributed by atoms with Gasteiger partial charge < -0.3 is 65.0 Å². The SMILES string of the molecule is NC[C@@H]([NH3+])Cc1ccc(P(=O)(O)c2ccc(C[C@H]([NH3+])C[NH3+])cc2)cc1.[Cl-].[Cl-].[Cl-]. The van der Waals surface area contributed by atoms with E-state index in [0.717, 1.165) is 30.5 Å². The maximum absolute atomic E-state index is 12.9. The van der Waals surface area contributed by atoms with Gasteiger partial charge in [-0.25, -0.2) is 0 Å². The molecule has 12 N–H and O–H groups in total. The predicted molar refractivity (Wildman–Crippen MR) is 99.5 cm³/mol. The van der Waals surface area contributed by atoms with Crippen molar-refractivity contribution >= 4 is 18.0 Å². The average molecular weight is 472 g/mol. The Labute approximate surface area is 185 Å². The Kier molecular flexibility index (Phi) is 14.3. The Morgan fingerprint density at radius 2 is 1.18 bits per heavy atom. The largest absolute Gasteiger partial charge is 1.00 e. The molecule has 0 saturated carbocycles. The number of hydrogen-bond acceptors (Lipinski definition) is 2. The number of halogens is 3. The van der Waals surface area contributed by atoms with Crippen molar-refractivity contribution in [1.29, 1.82) is 0 Å². The van der Waals surface area contributed by atoms with E-state index in [4.69, 9.17) is 5.73 Å². The summed E-state index contributed by atoms with van der Waals surface area (Å²) in [5.74, 6) is 0. The van der Waals surface area contributed by atoms with Gasteiger partial charge in [-0.15, -0.1) is 0 Å². The van der Waals surface area contributed by atoms with Gasteiger partial charge in [-0.3, -0.25) is 4.57 Å². The van der Waals surface area contributed by atoms with Gasteiger partial charge in [-0.2, -0.15) is 0 Å². The van der Waals surface area contributed by atoms with Crippen LogP contribution in [0.2, 0.25) is 0 Å². The Balaban J connectivity index is 0. The van der Waals surface area contributed by atoms with Crippen LogP contribution in [0.25, 0.3) is 0 Å². The highest BCUT2D eigenvalue weighted by atomic mass is 35.5. The molecule has 0 amide bonds. The first kappa shape index (κ1) is 29.5. The minimum atomic E-state index is -3.59. The predicted octanol–water partition coefficient (Wildman–Crippen LogP) is -11.6. The first-order chi connectivity index (χ1) is 11.9. The van der Waals surface area contributed by atoms with Gasteiger partial charge in [-0.1, -0.05) is 24.3 Å². The highest BCUT2D eigenvalue weighted by molar-refractivity contribution is 7.73. The molecular weight excluding hydrogens is 442 g/mol. The van der Waals surface area contributed by atoms with E-state index < -0.39 is 7.37 Å². The summed E-state index contributed by atoms with van der Waals surface area (Å²) in [6, 6.07) is 14.9. The van der Waals surface area contributed by atoms with E-state index in [1.807, 2.05) is 24.3 Å². The van der Waals surface area contributed by atoms with Crippen molar-refractivity contribution in [3.63, 3.8) is 0 Å². The molecule has 0 heterocycles. The number of rotatable bonds is 8. The first-order valence-electron chi connectivity index (χ1n) is 8.54. The fourth-order valence-corrected chi connectivity index (χ4v) is 4.07. The highest BCUT2D eigenvalue weighted by Crippen LogP contribution is 2.38. The van der Waals surface area contributed by atoms with Crippen LogP contribution in [0.5, 0.6) is 0 Å². The Hall–Kier alpha value is -0.660. The van der Waals surface area contributed by atoms with E-state index in [0.29, 0.717) is 17.2 Å². The van der Waals surface area contributed by atoms with E-state index in [2.05, 4.69) is 17.2 Å². The number of hydrogen-bond donors (Lipinski definition) is 5. The lowest BCUT2D eigenvalue weighted by Crippen LogP contribution is -3.00. The van der Waals surface area contributed by atoms with E-state index in [1.54, 1.807) is 24.3 Å². The summed E-state index contributed by atoms with van der Waals surface area (Å²) in [6.07, 6.45) is 1.58. The molecule has 2 rings (SSSR count). The normalized spacial score (nSPS) is 14.5. The molecule has 6 nitrogen and oxygen atoms in total. The Morgan fingerprint density at radius 1 is 0.821 bits per heavy atom. The summed E-state index contributed by atoms with van der Waals surface area (Å²) in [7, 11) is -3.59. The maximum atomic E-state index is 12.9. The number of benzene rings is 2. The lowest BCUT2D eigenvalue weighted by molar-refractivity contribution is -0.492. The van der Waals surface area contributed by atoms with Gasteiger partial charge in [0, 0.05) is 30.0 Å². The quantitative estimate of drug-likeness (QED) is 0.244. The summed E-state index contributed by atoms with van der Waals surface area (Å²) in [4.78, 5) is 10.6. The zero-order chi connectivity index (χ0) is 18.4. The molecule has 2 aromatic rings. The molecule has 0 radical (unpaired) electrons. The van der Waals surface area contributed by atoms with Gasteiger partial charge >= 0.3 is 0 Å². The molecule has 28 heavy (non-hydrogen) atoms. The molecule has 0 saturated heterocycles. The zero-order valence-electron chi connectivity index (χ0n) is 15.7.